The molecule has 0 radical (unpaired) electrons. The largest absolute Gasteiger partial charge is 0.480 e. The number of hydrogen-bond donors (Lipinski definition) is 3. The van der Waals surface area contributed by atoms with Gasteiger partial charge in [-0.15, -0.1) is 0 Å². The van der Waals surface area contributed by atoms with Crippen LogP contribution in [0.15, 0.2) is 97.6 Å². The third-order valence-electron chi connectivity index (χ3n) is 9.02. The number of nitrogens with two attached hydrogens (primary N) is 1. The number of amides is 1. The Morgan fingerprint density at radius 1 is 0.745 bits per heavy atom. The maximum absolute atomic E-state index is 12.5. The number of nitrogens with zero attached hydrogens (tertiary/aromatic N) is 6. The van der Waals surface area contributed by atoms with Gasteiger partial charge in [0.1, 0.15) is 13.1 Å². The van der Waals surface area contributed by atoms with Crippen LogP contribution in [0.5, 0.6) is 0 Å². The molecule has 0 aliphatic heterocycles. The van der Waals surface area contributed by atoms with Crippen molar-refractivity contribution in [1.82, 2.24) is 24.4 Å². The molecule has 4 N–H and O–H groups in total. The van der Waals surface area contributed by atoms with Crippen LogP contribution in [0.1, 0.15) is 75.9 Å². The van der Waals surface area contributed by atoms with Crippen molar-refractivity contribution in [1.29, 1.82) is 10.5 Å². The number of imidazole rings is 2. The molecule has 0 spiro atoms. The van der Waals surface area contributed by atoms with Crippen molar-refractivity contribution < 1.29 is 14.7 Å². The summed E-state index contributed by atoms with van der Waals surface area (Å²) in [4.78, 5) is 31.3. The van der Waals surface area contributed by atoms with E-state index in [4.69, 9.17) is 39.3 Å². The fourth-order valence-corrected chi connectivity index (χ4v) is 6.15. The lowest BCUT2D eigenvalue weighted by Gasteiger charge is -2.19. The van der Waals surface area contributed by atoms with Crippen LogP contribution in [0.25, 0.3) is 22.1 Å². The van der Waals surface area contributed by atoms with E-state index in [0.717, 1.165) is 33.3 Å². The quantitative estimate of drug-likeness (QED) is 0.131. The van der Waals surface area contributed by atoms with E-state index in [2.05, 4.69) is 27.4 Å². The molecule has 0 aliphatic rings. The van der Waals surface area contributed by atoms with Crippen molar-refractivity contribution in [3.05, 3.63) is 130 Å². The van der Waals surface area contributed by atoms with E-state index in [1.165, 1.54) is 10.9 Å². The molecule has 55 heavy (non-hydrogen) atoms. The Hall–Kier alpha value is -5.72. The van der Waals surface area contributed by atoms with Gasteiger partial charge < -0.3 is 25.3 Å². The molecule has 1 amide bonds. The summed E-state index contributed by atoms with van der Waals surface area (Å²) in [6, 6.07) is 30.9. The Balaban J connectivity index is 0.000000202. The van der Waals surface area contributed by atoms with Gasteiger partial charge >= 0.3 is 5.97 Å². The maximum Gasteiger partial charge on any atom is 0.323 e. The van der Waals surface area contributed by atoms with Gasteiger partial charge in [0.15, 0.2) is 0 Å². The molecule has 0 saturated heterocycles. The number of nitriles is 2. The van der Waals surface area contributed by atoms with E-state index in [0.29, 0.717) is 21.1 Å². The molecule has 6 aromatic rings. The number of benzene rings is 4. The molecule has 11 nitrogen and oxygen atoms in total. The van der Waals surface area contributed by atoms with Gasteiger partial charge in [-0.25, -0.2) is 9.97 Å². The van der Waals surface area contributed by atoms with E-state index in [-0.39, 0.29) is 31.1 Å². The summed E-state index contributed by atoms with van der Waals surface area (Å²) in [6.07, 6.45) is 3.10. The normalized spacial score (nSPS) is 12.3. The number of carbonyl (C=O) groups is 2. The number of fused-ring (bicyclic) bond motifs is 2. The van der Waals surface area contributed by atoms with E-state index in [1.807, 2.05) is 102 Å². The highest BCUT2D eigenvalue weighted by Crippen LogP contribution is 2.26. The summed E-state index contributed by atoms with van der Waals surface area (Å²) in [6.45, 7) is 11.5. The number of aromatic nitrogens is 4. The van der Waals surface area contributed by atoms with Crippen LogP contribution in [0.3, 0.4) is 0 Å². The van der Waals surface area contributed by atoms with Crippen LogP contribution in [0.2, 0.25) is 10.0 Å². The van der Waals surface area contributed by atoms with Crippen LogP contribution < -0.4 is 11.1 Å². The second kappa shape index (κ2) is 18.1. The zero-order valence-electron chi connectivity index (χ0n) is 31.6. The molecule has 2 unspecified atom stereocenters. The van der Waals surface area contributed by atoms with Crippen molar-refractivity contribution in [2.24, 2.45) is 5.73 Å². The minimum atomic E-state index is -0.913. The molecule has 2 heterocycles. The highest BCUT2D eigenvalue weighted by atomic mass is 35.5. The minimum Gasteiger partial charge on any atom is -0.480 e. The lowest BCUT2D eigenvalue weighted by molar-refractivity contribution is -0.137. The number of para-hydroxylation sites is 2. The Morgan fingerprint density at radius 2 is 1.16 bits per heavy atom. The monoisotopic (exact) mass is 778 g/mol. The number of carbonyl (C=O) groups excluding carboxylic acids is 1. The van der Waals surface area contributed by atoms with Crippen molar-refractivity contribution >= 4 is 57.1 Å². The van der Waals surface area contributed by atoms with Gasteiger partial charge in [0.2, 0.25) is 5.91 Å². The first-order valence-electron chi connectivity index (χ1n) is 17.5. The summed E-state index contributed by atoms with van der Waals surface area (Å²) in [7, 11) is 0. The molecule has 2 atom stereocenters. The Kier molecular flexibility index (Phi) is 13.8. The Bertz CT molecular complexity index is 2350. The number of nitrogens with one attached hydrogen (secondary N) is 1. The summed E-state index contributed by atoms with van der Waals surface area (Å²) >= 11 is 12.2. The minimum absolute atomic E-state index is 0.0502. The van der Waals surface area contributed by atoms with Crippen LogP contribution >= 0.6 is 23.2 Å². The lowest BCUT2D eigenvalue weighted by Crippen LogP contribution is -2.30. The standard InChI is InChI=1S/C21H21ClN4O.C12H16N2.C9H7ClN2O2/c1-14(15-7-9-16(10-8-15)21(2,3)12-23)25-19(27)11-26-13-24-18-6-4-5-17(22)20(18)26;1-9(14)10-4-6-11(7-5-10)12(2,3)8-13;10-6-2-1-3-7-9(6)12(5-11-7)4-8(13)14/h4-10,13-14H,11H2,1-3H3,(H,25,27);4-7,9H,14H2,1-3H3;1-3,5H,4H2,(H,13,14). The fraction of sp³-hybridized carbons (Fsp3) is 0.286. The van der Waals surface area contributed by atoms with Crippen molar-refractivity contribution in [3.63, 3.8) is 0 Å². The zero-order valence-corrected chi connectivity index (χ0v) is 33.1. The Morgan fingerprint density at radius 3 is 1.56 bits per heavy atom. The van der Waals surface area contributed by atoms with Gasteiger partial charge in [0, 0.05) is 6.04 Å². The fourth-order valence-electron chi connectivity index (χ4n) is 5.60. The van der Waals surface area contributed by atoms with Gasteiger partial charge in [-0.3, -0.25) is 9.59 Å². The van der Waals surface area contributed by atoms with E-state index in [1.54, 1.807) is 35.2 Å². The number of halogens is 2. The average molecular weight is 780 g/mol. The van der Waals surface area contributed by atoms with E-state index >= 15 is 0 Å². The summed E-state index contributed by atoms with van der Waals surface area (Å²) in [5, 5.41) is 30.9. The number of rotatable bonds is 9. The van der Waals surface area contributed by atoms with Crippen LogP contribution in [-0.2, 0) is 33.5 Å². The molecule has 2 aromatic heterocycles. The van der Waals surface area contributed by atoms with Crippen molar-refractivity contribution in [3.8, 4) is 12.1 Å². The molecule has 13 heteroatoms. The SMILES string of the molecule is CC(N)c1ccc(C(C)(C)C#N)cc1.CC(NC(=O)Cn1cnc2cccc(Cl)c21)c1ccc(C(C)(C)C#N)cc1.O=C(O)Cn1cnc2cccc(Cl)c21. The average Bonchev–Trinajstić information content (AvgIpc) is 3.77. The molecule has 0 bridgehead atoms. The van der Waals surface area contributed by atoms with Crippen LogP contribution in [-0.4, -0.2) is 36.1 Å². The predicted molar refractivity (Wildman–Crippen MR) is 216 cm³/mol. The molecule has 0 aliphatic carbocycles. The number of aliphatic carboxylic acids is 1. The van der Waals surface area contributed by atoms with Crippen molar-refractivity contribution in [2.75, 3.05) is 0 Å². The molecular weight excluding hydrogens is 735 g/mol. The first kappa shape index (κ1) is 42.0. The van der Waals surface area contributed by atoms with Gasteiger partial charge in [0.25, 0.3) is 0 Å². The van der Waals surface area contributed by atoms with E-state index in [9.17, 15) is 14.9 Å². The van der Waals surface area contributed by atoms with Gasteiger partial charge in [-0.1, -0.05) is 83.9 Å². The first-order chi connectivity index (χ1) is 26.0. The maximum atomic E-state index is 12.5. The number of carboxylic acid groups (broad SMARTS) is 1. The van der Waals surface area contributed by atoms with Crippen LogP contribution in [0.4, 0.5) is 0 Å². The topological polar surface area (TPSA) is 176 Å². The van der Waals surface area contributed by atoms with Gasteiger partial charge in [-0.05, 0) is 88.1 Å². The third kappa shape index (κ3) is 10.7. The summed E-state index contributed by atoms with van der Waals surface area (Å²) in [5.74, 6) is -1.03. The second-order valence-corrected chi connectivity index (χ2v) is 15.0. The number of hydrogen-bond acceptors (Lipinski definition) is 7. The lowest BCUT2D eigenvalue weighted by atomic mass is 9.85. The van der Waals surface area contributed by atoms with Gasteiger partial charge in [0.05, 0.1) is 73.8 Å². The summed E-state index contributed by atoms with van der Waals surface area (Å²) < 4.78 is 3.26. The van der Waals surface area contributed by atoms with Crippen molar-refractivity contribution in [2.45, 2.75) is 77.5 Å². The number of carboxylic acids is 1. The molecule has 284 valence electrons. The predicted octanol–water partition coefficient (Wildman–Crippen LogP) is 8.65. The third-order valence-corrected chi connectivity index (χ3v) is 9.63. The Labute approximate surface area is 330 Å². The zero-order chi connectivity index (χ0) is 40.5. The smallest absolute Gasteiger partial charge is 0.323 e. The summed E-state index contributed by atoms with van der Waals surface area (Å²) in [5.41, 5.74) is 11.7. The van der Waals surface area contributed by atoms with E-state index < -0.39 is 16.8 Å². The molecule has 6 rings (SSSR count). The second-order valence-electron chi connectivity index (χ2n) is 14.1. The van der Waals surface area contributed by atoms with Gasteiger partial charge in [-0.2, -0.15) is 10.5 Å². The highest BCUT2D eigenvalue weighted by Gasteiger charge is 2.21. The first-order valence-corrected chi connectivity index (χ1v) is 18.2. The molecule has 4 aromatic carbocycles. The van der Waals surface area contributed by atoms with Crippen LogP contribution in [0, 0.1) is 22.7 Å². The molecule has 0 saturated carbocycles. The molecular formula is C42H44Cl2N8O3. The molecule has 0 fully saturated rings. The highest BCUT2D eigenvalue weighted by molar-refractivity contribution is 6.35.